The maximum absolute atomic E-state index is 12.8. The topological polar surface area (TPSA) is 122 Å². The molecule has 32 heavy (non-hydrogen) atoms. The number of ether oxygens (including phenoxy) is 2. The fourth-order valence-corrected chi connectivity index (χ4v) is 3.86. The number of methoxy groups -OCH3 is 1. The number of benzene rings is 2. The van der Waals surface area contributed by atoms with E-state index in [2.05, 4.69) is 4.74 Å². The van der Waals surface area contributed by atoms with Gasteiger partial charge >= 0.3 is 22.1 Å². The molecule has 2 aromatic rings. The molecule has 0 radical (unpaired) electrons. The van der Waals surface area contributed by atoms with Crippen molar-refractivity contribution in [2.45, 2.75) is 56.6 Å². The van der Waals surface area contributed by atoms with Crippen LogP contribution >= 0.6 is 0 Å². The Balaban J connectivity index is 2.28. The summed E-state index contributed by atoms with van der Waals surface area (Å²) in [7, 11) is -2.78. The van der Waals surface area contributed by atoms with Crippen molar-refractivity contribution in [1.82, 2.24) is 0 Å². The van der Waals surface area contributed by atoms with Crippen LogP contribution in [0.5, 0.6) is 5.75 Å². The SMILES string of the molecule is COC(=O)CC(N)C(C(=O)OC(C)(C)C)c1ccc(OS(=O)(=O)c2ccc(C)cc2)cc1. The summed E-state index contributed by atoms with van der Waals surface area (Å²) < 4.78 is 40.3. The molecule has 0 heterocycles. The average Bonchev–Trinajstić information content (AvgIpc) is 2.68. The number of carbonyl (C=O) groups excluding carboxylic acids is 2. The molecule has 0 aliphatic carbocycles. The van der Waals surface area contributed by atoms with Crippen molar-refractivity contribution < 1.29 is 31.7 Å². The molecule has 0 saturated carbocycles. The summed E-state index contributed by atoms with van der Waals surface area (Å²) in [5, 5.41) is 0. The number of hydrogen-bond donors (Lipinski definition) is 1. The highest BCUT2D eigenvalue weighted by atomic mass is 32.2. The highest BCUT2D eigenvalue weighted by molar-refractivity contribution is 7.87. The Morgan fingerprint density at radius 3 is 2.06 bits per heavy atom. The molecule has 0 aliphatic rings. The van der Waals surface area contributed by atoms with Gasteiger partial charge in [-0.3, -0.25) is 9.59 Å². The summed E-state index contributed by atoms with van der Waals surface area (Å²) in [5.74, 6) is -2.06. The fourth-order valence-electron chi connectivity index (χ4n) is 2.93. The lowest BCUT2D eigenvalue weighted by Crippen LogP contribution is -2.39. The zero-order valence-corrected chi connectivity index (χ0v) is 19.6. The molecule has 2 rings (SSSR count). The molecule has 0 fully saturated rings. The molecule has 8 nitrogen and oxygen atoms in total. The van der Waals surface area contributed by atoms with Crippen LogP contribution in [0.15, 0.2) is 53.4 Å². The Morgan fingerprint density at radius 2 is 1.56 bits per heavy atom. The third-order valence-electron chi connectivity index (χ3n) is 4.47. The fraction of sp³-hybridized carbons (Fsp3) is 0.391. The van der Waals surface area contributed by atoms with Crippen molar-refractivity contribution in [3.05, 3.63) is 59.7 Å². The summed E-state index contributed by atoms with van der Waals surface area (Å²) in [6.45, 7) is 7.02. The number of carbonyl (C=O) groups is 2. The molecule has 2 N–H and O–H groups in total. The van der Waals surface area contributed by atoms with E-state index in [4.69, 9.17) is 14.7 Å². The minimum absolute atomic E-state index is 0.0268. The van der Waals surface area contributed by atoms with Gasteiger partial charge in [-0.15, -0.1) is 0 Å². The normalized spacial score (nSPS) is 13.7. The van der Waals surface area contributed by atoms with E-state index in [9.17, 15) is 18.0 Å². The van der Waals surface area contributed by atoms with Crippen LogP contribution in [0.3, 0.4) is 0 Å². The Bertz CT molecular complexity index is 1040. The van der Waals surface area contributed by atoms with E-state index in [1.54, 1.807) is 32.9 Å². The average molecular weight is 464 g/mol. The largest absolute Gasteiger partial charge is 0.469 e. The van der Waals surface area contributed by atoms with Gasteiger partial charge < -0.3 is 19.4 Å². The van der Waals surface area contributed by atoms with Crippen LogP contribution in [-0.4, -0.2) is 39.1 Å². The van der Waals surface area contributed by atoms with E-state index >= 15 is 0 Å². The van der Waals surface area contributed by atoms with Gasteiger partial charge in [0.05, 0.1) is 19.4 Å². The van der Waals surface area contributed by atoms with E-state index in [1.165, 1.54) is 43.5 Å². The summed E-state index contributed by atoms with van der Waals surface area (Å²) in [5.41, 5.74) is 6.76. The predicted molar refractivity (Wildman–Crippen MR) is 119 cm³/mol. The lowest BCUT2D eigenvalue weighted by molar-refractivity contribution is -0.157. The lowest BCUT2D eigenvalue weighted by Gasteiger charge is -2.27. The molecule has 9 heteroatoms. The van der Waals surface area contributed by atoms with Crippen LogP contribution in [0.25, 0.3) is 0 Å². The molecule has 2 atom stereocenters. The minimum atomic E-state index is -4.02. The third-order valence-corrected chi connectivity index (χ3v) is 5.74. The Labute approximate surface area is 188 Å². The Kier molecular flexibility index (Phi) is 8.03. The van der Waals surface area contributed by atoms with E-state index in [0.717, 1.165) is 5.56 Å². The maximum atomic E-state index is 12.8. The van der Waals surface area contributed by atoms with Gasteiger partial charge in [0, 0.05) is 6.04 Å². The highest BCUT2D eigenvalue weighted by Crippen LogP contribution is 2.28. The first-order valence-corrected chi connectivity index (χ1v) is 11.4. The number of aryl methyl sites for hydroxylation is 1. The van der Waals surface area contributed by atoms with Gasteiger partial charge in [0.2, 0.25) is 0 Å². The van der Waals surface area contributed by atoms with Gasteiger partial charge in [-0.2, -0.15) is 8.42 Å². The molecule has 0 aliphatic heterocycles. The zero-order chi connectivity index (χ0) is 24.1. The maximum Gasteiger partial charge on any atom is 0.339 e. The van der Waals surface area contributed by atoms with Crippen LogP contribution in [0.4, 0.5) is 0 Å². The summed E-state index contributed by atoms with van der Waals surface area (Å²) in [6, 6.07) is 11.2. The molecule has 0 bridgehead atoms. The molecular weight excluding hydrogens is 434 g/mol. The van der Waals surface area contributed by atoms with Gasteiger partial charge in [-0.25, -0.2) is 0 Å². The summed E-state index contributed by atoms with van der Waals surface area (Å²) in [6.07, 6.45) is -0.194. The summed E-state index contributed by atoms with van der Waals surface area (Å²) in [4.78, 5) is 24.5. The predicted octanol–water partition coefficient (Wildman–Crippen LogP) is 3.08. The molecular formula is C23H29NO7S. The number of nitrogens with two attached hydrogens (primary N) is 1. The van der Waals surface area contributed by atoms with Gasteiger partial charge in [-0.05, 0) is 57.5 Å². The molecule has 174 valence electrons. The molecule has 0 amide bonds. The van der Waals surface area contributed by atoms with E-state index in [-0.39, 0.29) is 17.1 Å². The first-order valence-electron chi connectivity index (χ1n) is 9.99. The first-order chi connectivity index (χ1) is 14.8. The van der Waals surface area contributed by atoms with Crippen molar-refractivity contribution in [3.63, 3.8) is 0 Å². The lowest BCUT2D eigenvalue weighted by atomic mass is 9.89. The van der Waals surface area contributed by atoms with Gasteiger partial charge in [0.25, 0.3) is 0 Å². The standard InChI is InChI=1S/C23H29NO7S/c1-15-6-12-18(13-7-15)32(27,28)31-17-10-8-16(9-11-17)21(19(24)14-20(25)29-5)22(26)30-23(2,3)4/h6-13,19,21H,14,24H2,1-5H3. The first kappa shape index (κ1) is 25.4. The van der Waals surface area contributed by atoms with Crippen LogP contribution in [-0.2, 0) is 29.2 Å². The molecule has 2 aromatic carbocycles. The van der Waals surface area contributed by atoms with Crippen LogP contribution < -0.4 is 9.92 Å². The number of hydrogen-bond acceptors (Lipinski definition) is 8. The second kappa shape index (κ2) is 10.1. The third kappa shape index (κ3) is 7.06. The molecule has 0 saturated heterocycles. The Morgan fingerprint density at radius 1 is 1.00 bits per heavy atom. The van der Waals surface area contributed by atoms with Crippen molar-refractivity contribution in [3.8, 4) is 5.75 Å². The second-order valence-electron chi connectivity index (χ2n) is 8.37. The van der Waals surface area contributed by atoms with Gasteiger partial charge in [0.15, 0.2) is 0 Å². The van der Waals surface area contributed by atoms with Crippen LogP contribution in [0, 0.1) is 6.92 Å². The van der Waals surface area contributed by atoms with Crippen molar-refractivity contribution in [2.24, 2.45) is 5.73 Å². The minimum Gasteiger partial charge on any atom is -0.469 e. The summed E-state index contributed by atoms with van der Waals surface area (Å²) >= 11 is 0. The van der Waals surface area contributed by atoms with Gasteiger partial charge in [-0.1, -0.05) is 29.8 Å². The monoisotopic (exact) mass is 463 g/mol. The molecule has 2 unspecified atom stereocenters. The second-order valence-corrected chi connectivity index (χ2v) is 9.92. The van der Waals surface area contributed by atoms with E-state index < -0.39 is 39.6 Å². The molecule has 0 aromatic heterocycles. The zero-order valence-electron chi connectivity index (χ0n) is 18.8. The van der Waals surface area contributed by atoms with Crippen LogP contribution in [0.2, 0.25) is 0 Å². The number of rotatable bonds is 8. The van der Waals surface area contributed by atoms with Gasteiger partial charge in [0.1, 0.15) is 16.2 Å². The van der Waals surface area contributed by atoms with Crippen molar-refractivity contribution in [1.29, 1.82) is 0 Å². The van der Waals surface area contributed by atoms with E-state index in [0.29, 0.717) is 5.56 Å². The quantitative estimate of drug-likeness (QED) is 0.468. The number of esters is 2. The van der Waals surface area contributed by atoms with E-state index in [1.807, 2.05) is 6.92 Å². The van der Waals surface area contributed by atoms with Crippen molar-refractivity contribution >= 4 is 22.1 Å². The van der Waals surface area contributed by atoms with Crippen molar-refractivity contribution in [2.75, 3.05) is 7.11 Å². The Hall–Kier alpha value is -2.91. The smallest absolute Gasteiger partial charge is 0.339 e. The highest BCUT2D eigenvalue weighted by Gasteiger charge is 2.33. The van der Waals surface area contributed by atoms with Crippen LogP contribution in [0.1, 0.15) is 44.2 Å². The molecule has 0 spiro atoms.